The lowest BCUT2D eigenvalue weighted by Crippen LogP contribution is -2.37. The van der Waals surface area contributed by atoms with Gasteiger partial charge >= 0.3 is 0 Å². The summed E-state index contributed by atoms with van der Waals surface area (Å²) in [5, 5.41) is 0. The SMILES string of the molecule is COc1ccc(N(CCCl)CCN(CCCl)c2ccc(OC)cc2)cc1. The highest BCUT2D eigenvalue weighted by Crippen LogP contribution is 2.21. The fourth-order valence-electron chi connectivity index (χ4n) is 2.77. The number of methoxy groups -OCH3 is 2. The van der Waals surface area contributed by atoms with Crippen molar-refractivity contribution in [3.05, 3.63) is 48.5 Å². The lowest BCUT2D eigenvalue weighted by molar-refractivity contribution is 0.414. The Labute approximate surface area is 166 Å². The maximum atomic E-state index is 6.02. The van der Waals surface area contributed by atoms with E-state index in [0.717, 1.165) is 49.1 Å². The number of alkyl halides is 2. The minimum absolute atomic E-state index is 0.573. The molecule has 0 N–H and O–H groups in total. The molecule has 0 aromatic heterocycles. The van der Waals surface area contributed by atoms with Crippen LogP contribution in [0.15, 0.2) is 48.5 Å². The van der Waals surface area contributed by atoms with E-state index in [-0.39, 0.29) is 0 Å². The minimum Gasteiger partial charge on any atom is -0.497 e. The molecule has 4 nitrogen and oxygen atoms in total. The predicted molar refractivity (Wildman–Crippen MR) is 112 cm³/mol. The van der Waals surface area contributed by atoms with Gasteiger partial charge < -0.3 is 19.3 Å². The van der Waals surface area contributed by atoms with Crippen molar-refractivity contribution in [3.8, 4) is 11.5 Å². The summed E-state index contributed by atoms with van der Waals surface area (Å²) in [5.74, 6) is 2.84. The van der Waals surface area contributed by atoms with Crippen LogP contribution in [0, 0.1) is 0 Å². The van der Waals surface area contributed by atoms with Gasteiger partial charge in [-0.15, -0.1) is 23.2 Å². The summed E-state index contributed by atoms with van der Waals surface area (Å²) in [4.78, 5) is 4.55. The van der Waals surface area contributed by atoms with E-state index >= 15 is 0 Å². The molecule has 2 aromatic carbocycles. The van der Waals surface area contributed by atoms with Crippen LogP contribution >= 0.6 is 23.2 Å². The summed E-state index contributed by atoms with van der Waals surface area (Å²) in [6.45, 7) is 3.26. The molecule has 0 aliphatic rings. The standard InChI is InChI=1S/C20H26Cl2N2O2/c1-25-19-7-3-17(4-8-19)23(13-11-21)15-16-24(14-12-22)18-5-9-20(26-2)10-6-18/h3-10H,11-16H2,1-2H3. The Hall–Kier alpha value is -1.78. The van der Waals surface area contributed by atoms with E-state index in [1.807, 2.05) is 24.3 Å². The fraction of sp³-hybridized carbons (Fsp3) is 0.400. The van der Waals surface area contributed by atoms with E-state index in [1.54, 1.807) is 14.2 Å². The van der Waals surface area contributed by atoms with Crippen molar-refractivity contribution >= 4 is 34.6 Å². The summed E-state index contributed by atoms with van der Waals surface area (Å²) in [7, 11) is 3.34. The van der Waals surface area contributed by atoms with Gasteiger partial charge in [-0.05, 0) is 48.5 Å². The van der Waals surface area contributed by atoms with E-state index in [9.17, 15) is 0 Å². The van der Waals surface area contributed by atoms with Crippen LogP contribution < -0.4 is 19.3 Å². The number of anilines is 2. The van der Waals surface area contributed by atoms with Crippen LogP contribution in [0.3, 0.4) is 0 Å². The second kappa shape index (κ2) is 11.0. The third kappa shape index (κ3) is 5.89. The molecule has 0 bridgehead atoms. The molecule has 0 atom stereocenters. The first kappa shape index (κ1) is 20.5. The topological polar surface area (TPSA) is 24.9 Å². The molecule has 26 heavy (non-hydrogen) atoms. The first-order valence-electron chi connectivity index (χ1n) is 8.61. The highest BCUT2D eigenvalue weighted by Gasteiger charge is 2.11. The average Bonchev–Trinajstić information content (AvgIpc) is 2.70. The van der Waals surface area contributed by atoms with Crippen molar-refractivity contribution in [3.63, 3.8) is 0 Å². The van der Waals surface area contributed by atoms with E-state index in [2.05, 4.69) is 34.1 Å². The zero-order chi connectivity index (χ0) is 18.8. The van der Waals surface area contributed by atoms with E-state index in [0.29, 0.717) is 11.8 Å². The molecule has 0 aliphatic carbocycles. The van der Waals surface area contributed by atoms with Crippen molar-refractivity contribution in [2.75, 3.05) is 62.0 Å². The van der Waals surface area contributed by atoms with Gasteiger partial charge in [0.25, 0.3) is 0 Å². The number of ether oxygens (including phenoxy) is 2. The largest absolute Gasteiger partial charge is 0.497 e. The number of hydrogen-bond acceptors (Lipinski definition) is 4. The number of nitrogens with zero attached hydrogens (tertiary/aromatic N) is 2. The molecule has 0 heterocycles. The lowest BCUT2D eigenvalue weighted by Gasteiger charge is -2.30. The molecule has 0 fully saturated rings. The quantitative estimate of drug-likeness (QED) is 0.522. The predicted octanol–water partition coefficient (Wildman–Crippen LogP) is 4.49. The summed E-state index contributed by atoms with van der Waals surface area (Å²) in [6, 6.07) is 16.1. The second-order valence-corrected chi connectivity index (χ2v) is 6.50. The normalized spacial score (nSPS) is 10.5. The summed E-state index contributed by atoms with van der Waals surface area (Å²) in [6.07, 6.45) is 0. The molecule has 0 unspecified atom stereocenters. The molecular formula is C20H26Cl2N2O2. The number of rotatable bonds is 11. The van der Waals surface area contributed by atoms with Gasteiger partial charge in [0, 0.05) is 49.3 Å². The molecule has 0 aliphatic heterocycles. The Balaban J connectivity index is 2.07. The van der Waals surface area contributed by atoms with Crippen molar-refractivity contribution in [2.24, 2.45) is 0 Å². The molecule has 0 spiro atoms. The third-order valence-electron chi connectivity index (χ3n) is 4.22. The lowest BCUT2D eigenvalue weighted by atomic mass is 10.2. The number of benzene rings is 2. The van der Waals surface area contributed by atoms with Gasteiger partial charge in [0.2, 0.25) is 0 Å². The molecule has 2 aromatic rings. The summed E-state index contributed by atoms with van der Waals surface area (Å²) < 4.78 is 10.5. The molecule has 0 amide bonds. The Morgan fingerprint density at radius 3 is 1.23 bits per heavy atom. The monoisotopic (exact) mass is 396 g/mol. The van der Waals surface area contributed by atoms with Crippen LogP contribution in [0.25, 0.3) is 0 Å². The van der Waals surface area contributed by atoms with Crippen molar-refractivity contribution in [1.29, 1.82) is 0 Å². The van der Waals surface area contributed by atoms with E-state index in [1.165, 1.54) is 0 Å². The smallest absolute Gasteiger partial charge is 0.119 e. The van der Waals surface area contributed by atoms with Crippen molar-refractivity contribution < 1.29 is 9.47 Å². The number of halogens is 2. The Morgan fingerprint density at radius 2 is 0.962 bits per heavy atom. The summed E-state index contributed by atoms with van der Waals surface area (Å²) in [5.41, 5.74) is 2.26. The van der Waals surface area contributed by atoms with Gasteiger partial charge in [0.05, 0.1) is 14.2 Å². The van der Waals surface area contributed by atoms with Gasteiger partial charge in [-0.1, -0.05) is 0 Å². The third-order valence-corrected chi connectivity index (χ3v) is 4.56. The Morgan fingerprint density at radius 1 is 0.615 bits per heavy atom. The summed E-state index contributed by atoms with van der Waals surface area (Å²) >= 11 is 12.0. The van der Waals surface area contributed by atoms with Gasteiger partial charge in [-0.2, -0.15) is 0 Å². The highest BCUT2D eigenvalue weighted by atomic mass is 35.5. The van der Waals surface area contributed by atoms with Gasteiger partial charge in [-0.25, -0.2) is 0 Å². The van der Waals surface area contributed by atoms with Gasteiger partial charge in [0.15, 0.2) is 0 Å². The molecule has 6 heteroatoms. The highest BCUT2D eigenvalue weighted by molar-refractivity contribution is 6.18. The molecule has 142 valence electrons. The van der Waals surface area contributed by atoms with Crippen LogP contribution in [-0.4, -0.2) is 52.2 Å². The van der Waals surface area contributed by atoms with Crippen LogP contribution in [0.2, 0.25) is 0 Å². The Bertz CT molecular complexity index is 578. The van der Waals surface area contributed by atoms with E-state index < -0.39 is 0 Å². The zero-order valence-corrected chi connectivity index (χ0v) is 16.8. The Kier molecular flexibility index (Phi) is 8.72. The zero-order valence-electron chi connectivity index (χ0n) is 15.3. The first-order valence-corrected chi connectivity index (χ1v) is 9.68. The van der Waals surface area contributed by atoms with Gasteiger partial charge in [0.1, 0.15) is 11.5 Å². The molecular weight excluding hydrogens is 371 g/mol. The van der Waals surface area contributed by atoms with Crippen LogP contribution in [0.4, 0.5) is 11.4 Å². The van der Waals surface area contributed by atoms with Crippen molar-refractivity contribution in [1.82, 2.24) is 0 Å². The molecule has 0 saturated carbocycles. The van der Waals surface area contributed by atoms with Crippen LogP contribution in [0.1, 0.15) is 0 Å². The maximum absolute atomic E-state index is 6.02. The second-order valence-electron chi connectivity index (χ2n) is 5.75. The minimum atomic E-state index is 0.573. The fourth-order valence-corrected chi connectivity index (χ4v) is 3.18. The van der Waals surface area contributed by atoms with Crippen LogP contribution in [-0.2, 0) is 0 Å². The maximum Gasteiger partial charge on any atom is 0.119 e. The molecule has 0 radical (unpaired) electrons. The van der Waals surface area contributed by atoms with Crippen LogP contribution in [0.5, 0.6) is 11.5 Å². The molecule has 0 saturated heterocycles. The average molecular weight is 397 g/mol. The first-order chi connectivity index (χ1) is 12.7. The van der Waals surface area contributed by atoms with Crippen molar-refractivity contribution in [2.45, 2.75) is 0 Å². The molecule has 2 rings (SSSR count). The van der Waals surface area contributed by atoms with E-state index in [4.69, 9.17) is 32.7 Å². The van der Waals surface area contributed by atoms with Gasteiger partial charge in [-0.3, -0.25) is 0 Å². The number of hydrogen-bond donors (Lipinski definition) is 0.